The van der Waals surface area contributed by atoms with Gasteiger partial charge in [0.15, 0.2) is 0 Å². The molecule has 4 heterocycles. The lowest BCUT2D eigenvalue weighted by atomic mass is 9.75. The Balaban J connectivity index is 1.15. The number of nitrogens with zero attached hydrogens (tertiary/aromatic N) is 6. The molecular weight excluding hydrogens is 637 g/mol. The van der Waals surface area contributed by atoms with Gasteiger partial charge in [0, 0.05) is 37.1 Å². The molecule has 1 unspecified atom stereocenters. The Labute approximate surface area is 284 Å². The van der Waals surface area contributed by atoms with Crippen LogP contribution in [0.1, 0.15) is 54.1 Å². The maximum absolute atomic E-state index is 11.8. The number of piperidine rings is 1. The van der Waals surface area contributed by atoms with Crippen LogP contribution in [0, 0.1) is 16.7 Å². The van der Waals surface area contributed by atoms with Gasteiger partial charge >= 0.3 is 5.97 Å². The summed E-state index contributed by atoms with van der Waals surface area (Å²) in [6.07, 6.45) is 6.05. The van der Waals surface area contributed by atoms with Gasteiger partial charge in [-0.1, -0.05) is 23.2 Å². The lowest BCUT2D eigenvalue weighted by molar-refractivity contribution is 0.0697. The largest absolute Gasteiger partial charge is 0.486 e. The molecule has 2 aromatic carbocycles. The number of allylic oxidation sites excluding steroid dienone is 1. The van der Waals surface area contributed by atoms with Crippen molar-refractivity contribution in [2.75, 3.05) is 19.6 Å². The second-order valence-corrected chi connectivity index (χ2v) is 13.1. The summed E-state index contributed by atoms with van der Waals surface area (Å²) in [7, 11) is 0. The van der Waals surface area contributed by atoms with E-state index in [0.717, 1.165) is 66.3 Å². The molecule has 0 saturated carbocycles. The van der Waals surface area contributed by atoms with E-state index in [4.69, 9.17) is 32.9 Å². The van der Waals surface area contributed by atoms with Gasteiger partial charge in [-0.3, -0.25) is 9.88 Å². The van der Waals surface area contributed by atoms with Crippen molar-refractivity contribution >= 4 is 40.2 Å². The van der Waals surface area contributed by atoms with Crippen molar-refractivity contribution in [2.24, 2.45) is 5.41 Å². The molecule has 10 nitrogen and oxygen atoms in total. The van der Waals surface area contributed by atoms with E-state index in [9.17, 15) is 15.2 Å². The fourth-order valence-corrected chi connectivity index (χ4v) is 7.00. The monoisotopic (exact) mass is 673 g/mol. The minimum Gasteiger partial charge on any atom is -0.486 e. The molecule has 6 rings (SSSR count). The van der Waals surface area contributed by atoms with E-state index >= 15 is 0 Å². The Hall–Kier alpha value is -4.30. The molecule has 0 aliphatic carbocycles. The molecule has 244 valence electrons. The fraction of sp³-hybridized carbons (Fsp3) is 0.371. The summed E-state index contributed by atoms with van der Waals surface area (Å²) in [5.41, 5.74) is 4.24. The van der Waals surface area contributed by atoms with Crippen LogP contribution in [0.25, 0.3) is 11.0 Å². The molecule has 47 heavy (non-hydrogen) atoms. The van der Waals surface area contributed by atoms with Crippen LogP contribution in [0.3, 0.4) is 0 Å². The number of aromatic nitrogens is 3. The van der Waals surface area contributed by atoms with Crippen LogP contribution < -0.4 is 10.1 Å². The number of carboxylic acid groups (broad SMARTS) is 1. The number of pyridine rings is 1. The van der Waals surface area contributed by atoms with Crippen LogP contribution in [-0.4, -0.2) is 61.2 Å². The number of likely N-dealkylation sites (tertiary alicyclic amines) is 1. The van der Waals surface area contributed by atoms with E-state index in [-0.39, 0.29) is 18.3 Å². The second kappa shape index (κ2) is 13.8. The molecule has 0 amide bonds. The SMILES string of the molecule is CCN1C(Cn2c(CN3CCC(C#N)(Cc4ccnc(COc5ccc(Cl)cc5Cl)c4)CC3)nc3ccc(C(=O)O)cc32)=CNC1C. The van der Waals surface area contributed by atoms with Gasteiger partial charge in [0.1, 0.15) is 18.2 Å². The summed E-state index contributed by atoms with van der Waals surface area (Å²) >= 11 is 12.3. The number of hydrogen-bond acceptors (Lipinski definition) is 8. The molecule has 12 heteroatoms. The molecule has 0 spiro atoms. The predicted molar refractivity (Wildman–Crippen MR) is 181 cm³/mol. The topological polar surface area (TPSA) is 120 Å². The number of hydrogen-bond donors (Lipinski definition) is 2. The van der Waals surface area contributed by atoms with Crippen molar-refractivity contribution in [3.8, 4) is 11.8 Å². The molecular formula is C35H37Cl2N7O3. The number of likely N-dealkylation sites (N-methyl/N-ethyl adjacent to an activating group) is 1. The quantitative estimate of drug-likeness (QED) is 0.184. The molecule has 0 radical (unpaired) electrons. The lowest BCUT2D eigenvalue weighted by Gasteiger charge is -2.37. The van der Waals surface area contributed by atoms with Gasteiger partial charge in [-0.15, -0.1) is 0 Å². The number of carboxylic acids is 1. The van der Waals surface area contributed by atoms with Gasteiger partial charge in [-0.25, -0.2) is 9.78 Å². The third-order valence-electron chi connectivity index (χ3n) is 9.17. The highest BCUT2D eigenvalue weighted by Crippen LogP contribution is 2.36. The lowest BCUT2D eigenvalue weighted by Crippen LogP contribution is -2.40. The maximum Gasteiger partial charge on any atom is 0.335 e. The number of carbonyl (C=O) groups is 1. The first-order chi connectivity index (χ1) is 22.7. The average molecular weight is 675 g/mol. The summed E-state index contributed by atoms with van der Waals surface area (Å²) in [5.74, 6) is 0.451. The van der Waals surface area contributed by atoms with Gasteiger partial charge in [-0.05, 0) is 87.2 Å². The van der Waals surface area contributed by atoms with Gasteiger partial charge in [0.05, 0.1) is 63.7 Å². The molecule has 2 aromatic heterocycles. The van der Waals surface area contributed by atoms with Crippen LogP contribution in [0.4, 0.5) is 0 Å². The molecule has 1 atom stereocenters. The summed E-state index contributed by atoms with van der Waals surface area (Å²) in [4.78, 5) is 25.9. The van der Waals surface area contributed by atoms with Crippen LogP contribution in [0.15, 0.2) is 66.6 Å². The summed E-state index contributed by atoms with van der Waals surface area (Å²) in [6, 6.07) is 16.8. The highest BCUT2D eigenvalue weighted by atomic mass is 35.5. The zero-order valence-electron chi connectivity index (χ0n) is 26.4. The number of halogens is 2. The summed E-state index contributed by atoms with van der Waals surface area (Å²) < 4.78 is 8.02. The molecule has 4 aromatic rings. The fourth-order valence-electron chi connectivity index (χ4n) is 6.54. The number of imidazole rings is 1. The molecule has 2 aliphatic heterocycles. The zero-order valence-corrected chi connectivity index (χ0v) is 27.9. The molecule has 0 bridgehead atoms. The van der Waals surface area contributed by atoms with E-state index < -0.39 is 11.4 Å². The number of nitriles is 1. The predicted octanol–water partition coefficient (Wildman–Crippen LogP) is 6.48. The van der Waals surface area contributed by atoms with Gasteiger partial charge < -0.3 is 24.6 Å². The number of aromatic carboxylic acids is 1. The normalized spacial score (nSPS) is 17.7. The number of benzene rings is 2. The summed E-state index contributed by atoms with van der Waals surface area (Å²) in [5, 5.41) is 24.4. The van der Waals surface area contributed by atoms with Crippen molar-refractivity contribution in [3.63, 3.8) is 0 Å². The standard InChI is InChI=1S/C35H37Cl2N7O3/c1-3-43-23(2)40-18-28(43)19-44-31-15-25(34(45)46)4-6-30(31)41-33(44)20-42-12-9-35(22-38,10-13-42)17-24-8-11-39-27(14-24)21-47-32-7-5-26(36)16-29(32)37/h4-8,11,14-16,18,23,40H,3,9-10,12-13,17,19-21H2,1-2H3,(H,45,46). The van der Waals surface area contributed by atoms with Crippen LogP contribution >= 0.6 is 23.2 Å². The van der Waals surface area contributed by atoms with E-state index in [2.05, 4.69) is 44.6 Å². The Morgan fingerprint density at radius 2 is 1.96 bits per heavy atom. The molecule has 2 aliphatic rings. The summed E-state index contributed by atoms with van der Waals surface area (Å²) in [6.45, 7) is 8.02. The second-order valence-electron chi connectivity index (χ2n) is 12.3. The first-order valence-electron chi connectivity index (χ1n) is 15.8. The first kappa shape index (κ1) is 32.6. The highest BCUT2D eigenvalue weighted by Gasteiger charge is 2.35. The molecule has 1 fully saturated rings. The van der Waals surface area contributed by atoms with Crippen molar-refractivity contribution in [3.05, 3.63) is 99.3 Å². The third-order valence-corrected chi connectivity index (χ3v) is 9.70. The molecule has 1 saturated heterocycles. The van der Waals surface area contributed by atoms with Crippen LogP contribution in [0.5, 0.6) is 5.75 Å². The van der Waals surface area contributed by atoms with E-state index in [1.807, 2.05) is 18.3 Å². The minimum absolute atomic E-state index is 0.190. The smallest absolute Gasteiger partial charge is 0.335 e. The van der Waals surface area contributed by atoms with Crippen molar-refractivity contribution < 1.29 is 14.6 Å². The number of ether oxygens (including phenoxy) is 1. The maximum atomic E-state index is 11.8. The zero-order chi connectivity index (χ0) is 33.1. The van der Waals surface area contributed by atoms with Crippen molar-refractivity contribution in [1.82, 2.24) is 29.7 Å². The third kappa shape index (κ3) is 7.18. The van der Waals surface area contributed by atoms with E-state index in [1.54, 1.807) is 42.6 Å². The van der Waals surface area contributed by atoms with Gasteiger partial charge in [-0.2, -0.15) is 5.26 Å². The first-order valence-corrected chi connectivity index (χ1v) is 16.5. The van der Waals surface area contributed by atoms with Crippen molar-refractivity contribution in [1.29, 1.82) is 5.26 Å². The van der Waals surface area contributed by atoms with Crippen molar-refractivity contribution in [2.45, 2.75) is 59.0 Å². The van der Waals surface area contributed by atoms with Crippen LogP contribution in [0.2, 0.25) is 10.0 Å². The Morgan fingerprint density at radius 1 is 1.15 bits per heavy atom. The number of fused-ring (bicyclic) bond motifs is 1. The minimum atomic E-state index is -0.963. The Bertz CT molecular complexity index is 1860. The highest BCUT2D eigenvalue weighted by molar-refractivity contribution is 6.35. The average Bonchev–Trinajstić information content (AvgIpc) is 3.59. The Morgan fingerprint density at radius 3 is 2.68 bits per heavy atom. The Kier molecular flexibility index (Phi) is 9.60. The van der Waals surface area contributed by atoms with E-state index in [0.29, 0.717) is 35.3 Å². The van der Waals surface area contributed by atoms with Crippen LogP contribution in [-0.2, 0) is 26.1 Å². The number of rotatable bonds is 11. The van der Waals surface area contributed by atoms with Gasteiger partial charge in [0.25, 0.3) is 0 Å². The number of nitrogens with one attached hydrogen (secondary N) is 1. The van der Waals surface area contributed by atoms with Gasteiger partial charge in [0.2, 0.25) is 0 Å². The molecule has 2 N–H and O–H groups in total. The van der Waals surface area contributed by atoms with E-state index in [1.165, 1.54) is 0 Å².